The summed E-state index contributed by atoms with van der Waals surface area (Å²) >= 11 is 0. The van der Waals surface area contributed by atoms with E-state index >= 15 is 0 Å². The van der Waals surface area contributed by atoms with Crippen molar-refractivity contribution in [3.05, 3.63) is 39.9 Å². The summed E-state index contributed by atoms with van der Waals surface area (Å²) in [5.41, 5.74) is 1.37. The molecule has 1 rings (SSSR count). The Morgan fingerprint density at radius 2 is 1.76 bits per heavy atom. The lowest BCUT2D eigenvalue weighted by molar-refractivity contribution is -0.384. The van der Waals surface area contributed by atoms with Gasteiger partial charge in [0.2, 0.25) is 0 Å². The van der Waals surface area contributed by atoms with Crippen LogP contribution in [-0.4, -0.2) is 4.92 Å². The minimum absolute atomic E-state index is 0.175. The van der Waals surface area contributed by atoms with Gasteiger partial charge in [-0.15, -0.1) is 0 Å². The van der Waals surface area contributed by atoms with Crippen LogP contribution in [-0.2, 0) is 6.42 Å². The maximum atomic E-state index is 10.5. The molecule has 0 fully saturated rings. The molecule has 0 aliphatic heterocycles. The summed E-state index contributed by atoms with van der Waals surface area (Å²) in [5, 5.41) is 10.5. The van der Waals surface area contributed by atoms with Crippen molar-refractivity contribution < 1.29 is 4.92 Å². The fourth-order valence-electron chi connectivity index (χ4n) is 1.84. The molecule has 17 heavy (non-hydrogen) atoms. The van der Waals surface area contributed by atoms with Gasteiger partial charge in [0.1, 0.15) is 0 Å². The second-order valence-corrected chi connectivity index (χ2v) is 4.92. The Bertz CT molecular complexity index is 344. The molecule has 0 bridgehead atoms. The molecule has 0 heterocycles. The number of non-ortho nitro benzene ring substituents is 1. The number of nitro groups is 1. The number of aryl methyl sites for hydroxylation is 1. The van der Waals surface area contributed by atoms with Crippen molar-refractivity contribution in [3.63, 3.8) is 0 Å². The first-order chi connectivity index (χ1) is 8.09. The number of hydrogen-bond acceptors (Lipinski definition) is 2. The minimum Gasteiger partial charge on any atom is -0.258 e. The molecule has 1 aromatic carbocycles. The van der Waals surface area contributed by atoms with E-state index in [0.717, 1.165) is 12.3 Å². The predicted molar refractivity (Wildman–Crippen MR) is 70.1 cm³/mol. The maximum Gasteiger partial charge on any atom is 0.269 e. The zero-order valence-corrected chi connectivity index (χ0v) is 10.7. The second kappa shape index (κ2) is 7.05. The summed E-state index contributed by atoms with van der Waals surface area (Å²) < 4.78 is 0. The molecule has 0 unspecified atom stereocenters. The van der Waals surface area contributed by atoms with Gasteiger partial charge in [-0.05, 0) is 24.3 Å². The number of nitrogens with zero attached hydrogens (tertiary/aromatic N) is 1. The van der Waals surface area contributed by atoms with E-state index in [4.69, 9.17) is 0 Å². The summed E-state index contributed by atoms with van der Waals surface area (Å²) in [6.07, 6.45) is 6.01. The van der Waals surface area contributed by atoms with E-state index in [9.17, 15) is 10.1 Å². The molecule has 0 amide bonds. The molecule has 0 aliphatic rings. The molecular weight excluding hydrogens is 214 g/mol. The van der Waals surface area contributed by atoms with E-state index in [2.05, 4.69) is 13.8 Å². The van der Waals surface area contributed by atoms with Gasteiger partial charge >= 0.3 is 0 Å². The first kappa shape index (κ1) is 13.7. The summed E-state index contributed by atoms with van der Waals surface area (Å²) in [4.78, 5) is 10.1. The van der Waals surface area contributed by atoms with Crippen LogP contribution < -0.4 is 0 Å². The Morgan fingerprint density at radius 1 is 1.12 bits per heavy atom. The van der Waals surface area contributed by atoms with Crippen LogP contribution in [0, 0.1) is 16.0 Å². The number of rotatable bonds is 7. The van der Waals surface area contributed by atoms with E-state index in [1.165, 1.54) is 31.2 Å². The van der Waals surface area contributed by atoms with Crippen molar-refractivity contribution in [2.75, 3.05) is 0 Å². The molecule has 3 heteroatoms. The van der Waals surface area contributed by atoms with Gasteiger partial charge in [0.25, 0.3) is 5.69 Å². The van der Waals surface area contributed by atoms with Gasteiger partial charge in [-0.3, -0.25) is 10.1 Å². The van der Waals surface area contributed by atoms with E-state index in [0.29, 0.717) is 0 Å². The quantitative estimate of drug-likeness (QED) is 0.400. The fraction of sp³-hybridized carbons (Fsp3) is 0.571. The molecular formula is C14H21NO2. The summed E-state index contributed by atoms with van der Waals surface area (Å²) in [6, 6.07) is 6.90. The highest BCUT2D eigenvalue weighted by molar-refractivity contribution is 5.32. The van der Waals surface area contributed by atoms with Gasteiger partial charge in [0.15, 0.2) is 0 Å². The lowest BCUT2D eigenvalue weighted by atomic mass is 10.0. The first-order valence-electron chi connectivity index (χ1n) is 6.33. The van der Waals surface area contributed by atoms with Crippen LogP contribution in [0.5, 0.6) is 0 Å². The minimum atomic E-state index is -0.355. The smallest absolute Gasteiger partial charge is 0.258 e. The third-order valence-corrected chi connectivity index (χ3v) is 2.89. The first-order valence-corrected chi connectivity index (χ1v) is 6.33. The molecule has 0 spiro atoms. The van der Waals surface area contributed by atoms with Crippen LogP contribution in [0.25, 0.3) is 0 Å². The third-order valence-electron chi connectivity index (χ3n) is 2.89. The SMILES string of the molecule is CC(C)CCCCCc1ccc([N+](=O)[O-])cc1. The van der Waals surface area contributed by atoms with Crippen molar-refractivity contribution >= 4 is 5.69 Å². The highest BCUT2D eigenvalue weighted by Gasteiger charge is 2.03. The van der Waals surface area contributed by atoms with Gasteiger partial charge in [0, 0.05) is 12.1 Å². The molecule has 0 aromatic heterocycles. The van der Waals surface area contributed by atoms with Gasteiger partial charge < -0.3 is 0 Å². The van der Waals surface area contributed by atoms with Crippen LogP contribution in [0.15, 0.2) is 24.3 Å². The zero-order valence-electron chi connectivity index (χ0n) is 10.7. The summed E-state index contributed by atoms with van der Waals surface area (Å²) in [6.45, 7) is 4.49. The van der Waals surface area contributed by atoms with Gasteiger partial charge in [-0.25, -0.2) is 0 Å². The Hall–Kier alpha value is -1.38. The summed E-state index contributed by atoms with van der Waals surface area (Å²) in [5.74, 6) is 0.786. The Balaban J connectivity index is 2.25. The van der Waals surface area contributed by atoms with E-state index < -0.39 is 0 Å². The van der Waals surface area contributed by atoms with E-state index in [1.54, 1.807) is 12.1 Å². The molecule has 0 saturated heterocycles. The molecule has 0 radical (unpaired) electrons. The van der Waals surface area contributed by atoms with Crippen LogP contribution in [0.3, 0.4) is 0 Å². The van der Waals surface area contributed by atoms with E-state index in [-0.39, 0.29) is 10.6 Å². The van der Waals surface area contributed by atoms with Crippen LogP contribution >= 0.6 is 0 Å². The second-order valence-electron chi connectivity index (χ2n) is 4.92. The molecule has 0 aliphatic carbocycles. The molecule has 0 atom stereocenters. The maximum absolute atomic E-state index is 10.5. The highest BCUT2D eigenvalue weighted by atomic mass is 16.6. The van der Waals surface area contributed by atoms with Crippen LogP contribution in [0.1, 0.15) is 45.1 Å². The lowest BCUT2D eigenvalue weighted by Crippen LogP contribution is -1.91. The number of hydrogen-bond donors (Lipinski definition) is 0. The predicted octanol–water partition coefficient (Wildman–Crippen LogP) is 4.35. The van der Waals surface area contributed by atoms with E-state index in [1.807, 2.05) is 12.1 Å². The monoisotopic (exact) mass is 235 g/mol. The van der Waals surface area contributed by atoms with Crippen molar-refractivity contribution in [2.24, 2.45) is 5.92 Å². The molecule has 1 aromatic rings. The number of unbranched alkanes of at least 4 members (excludes halogenated alkanes) is 2. The largest absolute Gasteiger partial charge is 0.269 e. The average molecular weight is 235 g/mol. The third kappa shape index (κ3) is 5.48. The Kier molecular flexibility index (Phi) is 5.67. The highest BCUT2D eigenvalue weighted by Crippen LogP contribution is 2.15. The molecule has 3 nitrogen and oxygen atoms in total. The van der Waals surface area contributed by atoms with Crippen molar-refractivity contribution in [2.45, 2.75) is 46.0 Å². The van der Waals surface area contributed by atoms with Crippen molar-refractivity contribution in [3.8, 4) is 0 Å². The number of benzene rings is 1. The topological polar surface area (TPSA) is 43.1 Å². The molecule has 94 valence electrons. The summed E-state index contributed by atoms with van der Waals surface area (Å²) in [7, 11) is 0. The van der Waals surface area contributed by atoms with Crippen molar-refractivity contribution in [1.82, 2.24) is 0 Å². The van der Waals surface area contributed by atoms with Gasteiger partial charge in [-0.1, -0.05) is 45.2 Å². The van der Waals surface area contributed by atoms with Gasteiger partial charge in [-0.2, -0.15) is 0 Å². The lowest BCUT2D eigenvalue weighted by Gasteiger charge is -2.04. The van der Waals surface area contributed by atoms with Crippen molar-refractivity contribution in [1.29, 1.82) is 0 Å². The molecule has 0 N–H and O–H groups in total. The fourth-order valence-corrected chi connectivity index (χ4v) is 1.84. The van der Waals surface area contributed by atoms with Crippen LogP contribution in [0.2, 0.25) is 0 Å². The standard InChI is InChI=1S/C14H21NO2/c1-12(2)6-4-3-5-7-13-8-10-14(11-9-13)15(16)17/h8-12H,3-7H2,1-2H3. The van der Waals surface area contributed by atoms with Crippen LogP contribution in [0.4, 0.5) is 5.69 Å². The van der Waals surface area contributed by atoms with Gasteiger partial charge in [0.05, 0.1) is 4.92 Å². The average Bonchev–Trinajstić information content (AvgIpc) is 2.29. The number of nitro benzene ring substituents is 1. The normalized spacial score (nSPS) is 10.8. The Morgan fingerprint density at radius 3 is 2.29 bits per heavy atom. The molecule has 0 saturated carbocycles. The zero-order chi connectivity index (χ0) is 12.7. The Labute approximate surface area is 103 Å².